The van der Waals surface area contributed by atoms with Crippen molar-refractivity contribution >= 4 is 0 Å². The zero-order valence-electron chi connectivity index (χ0n) is 10.7. The zero-order chi connectivity index (χ0) is 13.1. The molecule has 1 aliphatic heterocycles. The molecule has 100 valence electrons. The van der Waals surface area contributed by atoms with Crippen LogP contribution in [0.15, 0.2) is 18.2 Å². The van der Waals surface area contributed by atoms with Gasteiger partial charge in [-0.15, -0.1) is 0 Å². The lowest BCUT2D eigenvalue weighted by molar-refractivity contribution is 0.105. The Labute approximate surface area is 106 Å². The first kappa shape index (κ1) is 13.4. The molecule has 1 fully saturated rings. The molecule has 3 unspecified atom stereocenters. The van der Waals surface area contributed by atoms with Crippen molar-refractivity contribution in [2.24, 2.45) is 5.92 Å². The number of halogens is 2. The van der Waals surface area contributed by atoms with Crippen LogP contribution < -0.4 is 5.32 Å². The summed E-state index contributed by atoms with van der Waals surface area (Å²) in [6.45, 7) is 5.58. The molecule has 0 aromatic heterocycles. The monoisotopic (exact) mass is 255 g/mol. The van der Waals surface area contributed by atoms with E-state index in [1.54, 1.807) is 0 Å². The van der Waals surface area contributed by atoms with Crippen molar-refractivity contribution in [1.29, 1.82) is 0 Å². The summed E-state index contributed by atoms with van der Waals surface area (Å²) in [4.78, 5) is 0. The Balaban J connectivity index is 1.92. The highest BCUT2D eigenvalue weighted by atomic mass is 19.1. The van der Waals surface area contributed by atoms with E-state index >= 15 is 0 Å². The second-order valence-electron chi connectivity index (χ2n) is 4.96. The number of hydrogen-bond donors (Lipinski definition) is 1. The lowest BCUT2D eigenvalue weighted by atomic mass is 10.0. The summed E-state index contributed by atoms with van der Waals surface area (Å²) in [6, 6.07) is 3.57. The summed E-state index contributed by atoms with van der Waals surface area (Å²) in [5.41, 5.74) is 0.638. The van der Waals surface area contributed by atoms with E-state index in [9.17, 15) is 8.78 Å². The van der Waals surface area contributed by atoms with Crippen LogP contribution in [0.2, 0.25) is 0 Å². The van der Waals surface area contributed by atoms with Gasteiger partial charge in [-0.05, 0) is 43.9 Å². The van der Waals surface area contributed by atoms with Crippen molar-refractivity contribution in [3.05, 3.63) is 35.4 Å². The Hall–Kier alpha value is -1.00. The molecule has 2 rings (SSSR count). The van der Waals surface area contributed by atoms with Crippen LogP contribution in [0.4, 0.5) is 8.78 Å². The second-order valence-corrected chi connectivity index (χ2v) is 4.96. The van der Waals surface area contributed by atoms with Gasteiger partial charge in [0.25, 0.3) is 0 Å². The highest BCUT2D eigenvalue weighted by molar-refractivity contribution is 5.20. The zero-order valence-corrected chi connectivity index (χ0v) is 10.7. The molecule has 0 aliphatic carbocycles. The maximum absolute atomic E-state index is 13.1. The fourth-order valence-electron chi connectivity index (χ4n) is 2.32. The molecule has 0 saturated carbocycles. The quantitative estimate of drug-likeness (QED) is 0.893. The van der Waals surface area contributed by atoms with E-state index in [4.69, 9.17) is 4.74 Å². The number of rotatable bonds is 4. The van der Waals surface area contributed by atoms with Gasteiger partial charge in [0.15, 0.2) is 0 Å². The molecule has 3 atom stereocenters. The molecule has 0 spiro atoms. The van der Waals surface area contributed by atoms with E-state index in [1.165, 1.54) is 12.1 Å². The molecule has 1 saturated heterocycles. The van der Waals surface area contributed by atoms with E-state index < -0.39 is 11.6 Å². The van der Waals surface area contributed by atoms with Gasteiger partial charge < -0.3 is 10.1 Å². The number of ether oxygens (including phenoxy) is 1. The van der Waals surface area contributed by atoms with Crippen LogP contribution >= 0.6 is 0 Å². The van der Waals surface area contributed by atoms with Gasteiger partial charge in [0.2, 0.25) is 0 Å². The lowest BCUT2D eigenvalue weighted by Crippen LogP contribution is -2.29. The minimum absolute atomic E-state index is 0.0667. The average Bonchev–Trinajstić information content (AvgIpc) is 2.70. The van der Waals surface area contributed by atoms with Crippen molar-refractivity contribution in [2.45, 2.75) is 32.4 Å². The molecule has 0 bridgehead atoms. The SMILES string of the molecule is CC(NCC1CCOC1C)c1cc(F)cc(F)c1. The van der Waals surface area contributed by atoms with Crippen molar-refractivity contribution in [3.63, 3.8) is 0 Å². The lowest BCUT2D eigenvalue weighted by Gasteiger charge is -2.19. The Morgan fingerprint density at radius 2 is 2.00 bits per heavy atom. The number of nitrogens with one attached hydrogen (secondary N) is 1. The molecule has 1 aromatic carbocycles. The van der Waals surface area contributed by atoms with Crippen LogP contribution in [0.1, 0.15) is 31.9 Å². The Kier molecular flexibility index (Phi) is 4.30. The smallest absolute Gasteiger partial charge is 0.126 e. The summed E-state index contributed by atoms with van der Waals surface area (Å²) < 4.78 is 31.7. The maximum atomic E-state index is 13.1. The van der Waals surface area contributed by atoms with Gasteiger partial charge in [-0.2, -0.15) is 0 Å². The van der Waals surface area contributed by atoms with Gasteiger partial charge in [0.05, 0.1) is 6.10 Å². The van der Waals surface area contributed by atoms with Crippen molar-refractivity contribution in [2.75, 3.05) is 13.2 Å². The van der Waals surface area contributed by atoms with Crippen LogP contribution in [0, 0.1) is 17.6 Å². The average molecular weight is 255 g/mol. The molecule has 2 nitrogen and oxygen atoms in total. The van der Waals surface area contributed by atoms with Crippen LogP contribution in [-0.4, -0.2) is 19.3 Å². The number of benzene rings is 1. The highest BCUT2D eigenvalue weighted by Crippen LogP contribution is 2.21. The molecule has 18 heavy (non-hydrogen) atoms. The van der Waals surface area contributed by atoms with Crippen LogP contribution in [0.3, 0.4) is 0 Å². The Morgan fingerprint density at radius 1 is 1.33 bits per heavy atom. The van der Waals surface area contributed by atoms with E-state index in [0.717, 1.165) is 25.6 Å². The summed E-state index contributed by atoms with van der Waals surface area (Å²) in [6.07, 6.45) is 1.30. The van der Waals surface area contributed by atoms with Crippen LogP contribution in [0.5, 0.6) is 0 Å². The van der Waals surface area contributed by atoms with Gasteiger partial charge in [0.1, 0.15) is 11.6 Å². The highest BCUT2D eigenvalue weighted by Gasteiger charge is 2.24. The van der Waals surface area contributed by atoms with Crippen molar-refractivity contribution < 1.29 is 13.5 Å². The first-order chi connectivity index (χ1) is 8.56. The van der Waals surface area contributed by atoms with E-state index in [0.29, 0.717) is 11.5 Å². The third-order valence-electron chi connectivity index (χ3n) is 3.60. The summed E-state index contributed by atoms with van der Waals surface area (Å²) in [5.74, 6) is -0.585. The minimum Gasteiger partial charge on any atom is -0.378 e. The molecule has 0 radical (unpaired) electrons. The van der Waals surface area contributed by atoms with Gasteiger partial charge >= 0.3 is 0 Å². The maximum Gasteiger partial charge on any atom is 0.126 e. The Morgan fingerprint density at radius 3 is 2.56 bits per heavy atom. The predicted octanol–water partition coefficient (Wildman–Crippen LogP) is 3.04. The van der Waals surface area contributed by atoms with E-state index in [2.05, 4.69) is 12.2 Å². The molecular weight excluding hydrogens is 236 g/mol. The van der Waals surface area contributed by atoms with Crippen LogP contribution in [-0.2, 0) is 4.74 Å². The molecule has 1 heterocycles. The molecule has 1 aromatic rings. The topological polar surface area (TPSA) is 21.3 Å². The predicted molar refractivity (Wildman–Crippen MR) is 66.3 cm³/mol. The van der Waals surface area contributed by atoms with Crippen molar-refractivity contribution in [3.8, 4) is 0 Å². The minimum atomic E-state index is -0.531. The summed E-state index contributed by atoms with van der Waals surface area (Å²) >= 11 is 0. The fourth-order valence-corrected chi connectivity index (χ4v) is 2.32. The van der Waals surface area contributed by atoms with Crippen LogP contribution in [0.25, 0.3) is 0 Å². The fraction of sp³-hybridized carbons (Fsp3) is 0.571. The molecular formula is C14H19F2NO. The number of hydrogen-bond acceptors (Lipinski definition) is 2. The van der Waals surface area contributed by atoms with Gasteiger partial charge in [-0.1, -0.05) is 0 Å². The molecule has 1 N–H and O–H groups in total. The molecule has 4 heteroatoms. The first-order valence-corrected chi connectivity index (χ1v) is 6.37. The summed E-state index contributed by atoms with van der Waals surface area (Å²) in [7, 11) is 0. The molecule has 0 amide bonds. The first-order valence-electron chi connectivity index (χ1n) is 6.37. The van der Waals surface area contributed by atoms with Gasteiger partial charge in [-0.25, -0.2) is 8.78 Å². The third-order valence-corrected chi connectivity index (χ3v) is 3.60. The van der Waals surface area contributed by atoms with E-state index in [1.807, 2.05) is 6.92 Å². The van der Waals surface area contributed by atoms with E-state index in [-0.39, 0.29) is 12.1 Å². The summed E-state index contributed by atoms with van der Waals surface area (Å²) in [5, 5.41) is 3.31. The normalized spacial score (nSPS) is 25.3. The van der Waals surface area contributed by atoms with Crippen molar-refractivity contribution in [1.82, 2.24) is 5.32 Å². The third kappa shape index (κ3) is 3.27. The van der Waals surface area contributed by atoms with Gasteiger partial charge in [-0.3, -0.25) is 0 Å². The Bertz CT molecular complexity index is 391. The second kappa shape index (κ2) is 5.76. The van der Waals surface area contributed by atoms with Gasteiger partial charge in [0, 0.05) is 25.3 Å². The largest absolute Gasteiger partial charge is 0.378 e. The standard InChI is InChI=1S/C14H19F2NO/c1-9(12-5-13(15)7-14(16)6-12)17-8-11-3-4-18-10(11)2/h5-7,9-11,17H,3-4,8H2,1-2H3. The molecule has 1 aliphatic rings.